The van der Waals surface area contributed by atoms with Gasteiger partial charge in [-0.2, -0.15) is 0 Å². The quantitative estimate of drug-likeness (QED) is 0.168. The normalized spacial score (nSPS) is 10.1. The van der Waals surface area contributed by atoms with E-state index in [2.05, 4.69) is 104 Å². The smallest absolute Gasteiger partial charge is 0.125 e. The summed E-state index contributed by atoms with van der Waals surface area (Å²) in [7, 11) is 0. The van der Waals surface area contributed by atoms with Crippen LogP contribution in [0.3, 0.4) is 0 Å². The van der Waals surface area contributed by atoms with E-state index in [0.717, 1.165) is 4.47 Å². The van der Waals surface area contributed by atoms with Crippen LogP contribution in [0.25, 0.3) is 0 Å². The van der Waals surface area contributed by atoms with Gasteiger partial charge >= 0.3 is 0 Å². The molecule has 0 heterocycles. The monoisotopic (exact) mass is 590 g/mol. The second-order valence-corrected chi connectivity index (χ2v) is 8.40. The zero-order chi connectivity index (χ0) is 16.3. The molecule has 2 aromatic carbocycles. The third-order valence-corrected chi connectivity index (χ3v) is 7.66. The van der Waals surface area contributed by atoms with E-state index in [4.69, 9.17) is 0 Å². The molecule has 0 amide bonds. The fourth-order valence-corrected chi connectivity index (χ4v) is 3.92. The summed E-state index contributed by atoms with van der Waals surface area (Å²) in [6, 6.07) is 5.04. The molecular weight excluding hydrogens is 578 g/mol. The number of halogens is 5. The Morgan fingerprint density at radius 1 is 0.810 bits per heavy atom. The first-order valence-electron chi connectivity index (χ1n) is 6.18. The SMILES string of the molecule is Cc1cc(I)c(C)c(C)c1C.Fc1cc(Br)c(Br)c(Br)c1. The molecule has 2 aromatic rings. The molecule has 0 nitrogen and oxygen atoms in total. The van der Waals surface area contributed by atoms with Crippen molar-refractivity contribution < 1.29 is 4.39 Å². The maximum absolute atomic E-state index is 12.5. The van der Waals surface area contributed by atoms with Crippen molar-refractivity contribution in [1.82, 2.24) is 0 Å². The number of hydrogen-bond acceptors (Lipinski definition) is 0. The Balaban J connectivity index is 0.000000211. The molecule has 0 aromatic heterocycles. The van der Waals surface area contributed by atoms with Crippen LogP contribution in [-0.4, -0.2) is 0 Å². The van der Waals surface area contributed by atoms with Crippen molar-refractivity contribution >= 4 is 70.4 Å². The standard InChI is InChI=1S/C10H13I.C6H2Br3F/c1-6-5-10(11)9(4)8(3)7(6)2;7-4-1-3(10)2-5(8)6(4)9/h5H,1-4H3;1-2H. The van der Waals surface area contributed by atoms with Gasteiger partial charge in [0.05, 0.1) is 0 Å². The first kappa shape index (κ1) is 19.6. The molecule has 0 aliphatic heterocycles. The summed E-state index contributed by atoms with van der Waals surface area (Å²) in [5.41, 5.74) is 5.70. The minimum atomic E-state index is -0.262. The third-order valence-electron chi connectivity index (χ3n) is 3.37. The number of rotatable bonds is 0. The van der Waals surface area contributed by atoms with E-state index in [9.17, 15) is 4.39 Å². The number of hydrogen-bond donors (Lipinski definition) is 0. The molecule has 5 heteroatoms. The van der Waals surface area contributed by atoms with E-state index in [1.165, 1.54) is 38.0 Å². The van der Waals surface area contributed by atoms with E-state index in [1.54, 1.807) is 0 Å². The van der Waals surface area contributed by atoms with Gasteiger partial charge in [0.2, 0.25) is 0 Å². The molecule has 0 saturated carbocycles. The molecule has 0 saturated heterocycles. The van der Waals surface area contributed by atoms with Gasteiger partial charge < -0.3 is 0 Å². The van der Waals surface area contributed by atoms with Crippen LogP contribution in [0, 0.1) is 37.1 Å². The van der Waals surface area contributed by atoms with Crippen LogP contribution >= 0.6 is 70.4 Å². The second kappa shape index (κ2) is 8.41. The third kappa shape index (κ3) is 5.29. The lowest BCUT2D eigenvalue weighted by atomic mass is 10.0. The number of aryl methyl sites for hydroxylation is 1. The molecule has 0 aliphatic rings. The predicted octanol–water partition coefficient (Wildman–Crippen LogP) is 7.64. The van der Waals surface area contributed by atoms with Crippen molar-refractivity contribution in [3.05, 3.63) is 63.3 Å². The number of benzene rings is 2. The predicted molar refractivity (Wildman–Crippen MR) is 108 cm³/mol. The summed E-state index contributed by atoms with van der Waals surface area (Å²) >= 11 is 12.0. The Morgan fingerprint density at radius 2 is 1.29 bits per heavy atom. The fraction of sp³-hybridized carbons (Fsp3) is 0.250. The molecule has 0 N–H and O–H groups in total. The van der Waals surface area contributed by atoms with E-state index < -0.39 is 0 Å². The zero-order valence-electron chi connectivity index (χ0n) is 12.1. The van der Waals surface area contributed by atoms with Crippen LogP contribution < -0.4 is 0 Å². The average Bonchev–Trinajstić information content (AvgIpc) is 2.41. The van der Waals surface area contributed by atoms with Gasteiger partial charge in [-0.05, 0) is 139 Å². The highest BCUT2D eigenvalue weighted by Crippen LogP contribution is 2.31. The van der Waals surface area contributed by atoms with Gasteiger partial charge in [-0.15, -0.1) is 0 Å². The molecule has 0 bridgehead atoms. The Morgan fingerprint density at radius 3 is 1.76 bits per heavy atom. The van der Waals surface area contributed by atoms with Crippen LogP contribution in [0.1, 0.15) is 22.3 Å². The maximum Gasteiger partial charge on any atom is 0.125 e. The summed E-state index contributed by atoms with van der Waals surface area (Å²) in [5, 5.41) is 0. The lowest BCUT2D eigenvalue weighted by Gasteiger charge is -2.09. The molecule has 21 heavy (non-hydrogen) atoms. The van der Waals surface area contributed by atoms with Gasteiger partial charge in [-0.3, -0.25) is 0 Å². The van der Waals surface area contributed by atoms with Gasteiger partial charge in [-0.25, -0.2) is 4.39 Å². The lowest BCUT2D eigenvalue weighted by molar-refractivity contribution is 0.625. The van der Waals surface area contributed by atoms with Crippen molar-refractivity contribution in [2.24, 2.45) is 0 Å². The minimum Gasteiger partial charge on any atom is -0.207 e. The lowest BCUT2D eigenvalue weighted by Crippen LogP contribution is -1.93. The highest BCUT2D eigenvalue weighted by molar-refractivity contribution is 14.1. The minimum absolute atomic E-state index is 0.262. The van der Waals surface area contributed by atoms with E-state index in [0.29, 0.717) is 8.95 Å². The molecule has 2 rings (SSSR count). The largest absolute Gasteiger partial charge is 0.207 e. The van der Waals surface area contributed by atoms with Crippen LogP contribution in [-0.2, 0) is 0 Å². The van der Waals surface area contributed by atoms with Crippen molar-refractivity contribution in [3.63, 3.8) is 0 Å². The van der Waals surface area contributed by atoms with Crippen molar-refractivity contribution in [3.8, 4) is 0 Å². The summed E-state index contributed by atoms with van der Waals surface area (Å²) in [6.45, 7) is 8.74. The molecule has 0 spiro atoms. The fourth-order valence-electron chi connectivity index (χ4n) is 1.69. The molecule has 0 aliphatic carbocycles. The van der Waals surface area contributed by atoms with Crippen molar-refractivity contribution in [2.75, 3.05) is 0 Å². The van der Waals surface area contributed by atoms with Crippen LogP contribution in [0.4, 0.5) is 4.39 Å². The molecule has 0 fully saturated rings. The second-order valence-electron chi connectivity index (χ2n) is 4.73. The van der Waals surface area contributed by atoms with Gasteiger partial charge in [-0.1, -0.05) is 0 Å². The molecular formula is C16H15Br3FI. The van der Waals surface area contributed by atoms with Crippen LogP contribution in [0.2, 0.25) is 0 Å². The summed E-state index contributed by atoms with van der Waals surface area (Å²) in [5.74, 6) is -0.262. The summed E-state index contributed by atoms with van der Waals surface area (Å²) < 4.78 is 16.1. The van der Waals surface area contributed by atoms with E-state index in [1.807, 2.05) is 0 Å². The topological polar surface area (TPSA) is 0 Å². The Bertz CT molecular complexity index is 620. The van der Waals surface area contributed by atoms with Gasteiger partial charge in [0, 0.05) is 17.0 Å². The van der Waals surface area contributed by atoms with Crippen LogP contribution in [0.5, 0.6) is 0 Å². The first-order chi connectivity index (χ1) is 9.65. The molecule has 114 valence electrons. The highest BCUT2D eigenvalue weighted by Gasteiger charge is 2.04. The summed E-state index contributed by atoms with van der Waals surface area (Å²) in [6.07, 6.45) is 0. The van der Waals surface area contributed by atoms with Gasteiger partial charge in [0.25, 0.3) is 0 Å². The van der Waals surface area contributed by atoms with Crippen molar-refractivity contribution in [1.29, 1.82) is 0 Å². The summed E-state index contributed by atoms with van der Waals surface area (Å²) in [4.78, 5) is 0. The Hall–Kier alpha value is 0.540. The highest BCUT2D eigenvalue weighted by atomic mass is 127. The average molecular weight is 593 g/mol. The van der Waals surface area contributed by atoms with Crippen LogP contribution in [0.15, 0.2) is 31.6 Å². The molecule has 0 unspecified atom stereocenters. The Labute approximate surface area is 164 Å². The van der Waals surface area contributed by atoms with E-state index >= 15 is 0 Å². The zero-order valence-corrected chi connectivity index (χ0v) is 19.0. The molecule has 0 atom stereocenters. The Kier molecular flexibility index (Phi) is 7.84. The van der Waals surface area contributed by atoms with E-state index in [-0.39, 0.29) is 5.82 Å². The molecule has 0 radical (unpaired) electrons. The van der Waals surface area contributed by atoms with Crippen molar-refractivity contribution in [2.45, 2.75) is 27.7 Å². The maximum atomic E-state index is 12.5. The first-order valence-corrected chi connectivity index (χ1v) is 9.63. The van der Waals surface area contributed by atoms with Gasteiger partial charge in [0.1, 0.15) is 5.82 Å². The van der Waals surface area contributed by atoms with Gasteiger partial charge in [0.15, 0.2) is 0 Å².